The molecular weight excluding hydrogens is 137 g/mol. The molecule has 1 unspecified atom stereocenters. The van der Waals surface area contributed by atoms with Crippen molar-refractivity contribution in [2.24, 2.45) is 0 Å². The largest absolute Gasteiger partial charge is 0.353 e. The van der Waals surface area contributed by atoms with Gasteiger partial charge in [0.1, 0.15) is 6.66 Å². The molecule has 0 radical (unpaired) electrons. The van der Waals surface area contributed by atoms with Crippen LogP contribution in [-0.2, 0) is 9.36 Å². The number of nitrogens with one attached hydrogen (secondary N) is 1. The molecule has 1 amide bonds. The number of hydrogen-bond acceptors (Lipinski definition) is 2. The van der Waals surface area contributed by atoms with E-state index in [1.54, 1.807) is 6.66 Å². The monoisotopic (exact) mass is 148 g/mol. The van der Waals surface area contributed by atoms with Crippen LogP contribution < -0.4 is 5.32 Å². The van der Waals surface area contributed by atoms with Gasteiger partial charge in [0.2, 0.25) is 6.16 Å². The summed E-state index contributed by atoms with van der Waals surface area (Å²) >= 11 is 0. The minimum absolute atomic E-state index is 0.124. The zero-order chi connectivity index (χ0) is 7.28. The molecule has 9 heavy (non-hydrogen) atoms. The van der Waals surface area contributed by atoms with Crippen LogP contribution in [0.4, 0.5) is 0 Å². The molecular formula is C5H11NO2P+. The summed E-state index contributed by atoms with van der Waals surface area (Å²) in [5, 5.41) is 2.55. The fraction of sp³-hybridized carbons (Fsp3) is 0.800. The molecule has 0 fully saturated rings. The van der Waals surface area contributed by atoms with Gasteiger partial charge in [0.25, 0.3) is 5.91 Å². The fourth-order valence-electron chi connectivity index (χ4n) is 0.455. The number of hydrogen-bond donors (Lipinski definition) is 1. The van der Waals surface area contributed by atoms with Gasteiger partial charge in [-0.15, -0.1) is 0 Å². The van der Waals surface area contributed by atoms with Crippen molar-refractivity contribution in [3.8, 4) is 0 Å². The van der Waals surface area contributed by atoms with Crippen LogP contribution in [0.25, 0.3) is 0 Å². The van der Waals surface area contributed by atoms with Crippen LogP contribution in [0.3, 0.4) is 0 Å². The number of rotatable bonds is 3. The van der Waals surface area contributed by atoms with Crippen molar-refractivity contribution in [1.29, 1.82) is 0 Å². The highest BCUT2D eigenvalue weighted by Crippen LogP contribution is 2.10. The third kappa shape index (κ3) is 5.44. The Hall–Kier alpha value is -0.430. The Labute approximate surface area is 55.6 Å². The van der Waals surface area contributed by atoms with Gasteiger partial charge in [-0.25, -0.2) is 0 Å². The van der Waals surface area contributed by atoms with Gasteiger partial charge in [0, 0.05) is 6.54 Å². The van der Waals surface area contributed by atoms with E-state index >= 15 is 0 Å². The lowest BCUT2D eigenvalue weighted by molar-refractivity contribution is -0.118. The molecule has 0 aromatic rings. The molecule has 0 spiro atoms. The van der Waals surface area contributed by atoms with Gasteiger partial charge in [-0.3, -0.25) is 4.79 Å². The third-order valence-corrected chi connectivity index (χ3v) is 1.47. The molecule has 0 aliphatic rings. The zero-order valence-electron chi connectivity index (χ0n) is 5.68. The zero-order valence-corrected chi connectivity index (χ0v) is 6.57. The average Bonchev–Trinajstić information content (AvgIpc) is 1.63. The lowest BCUT2D eigenvalue weighted by Gasteiger charge is -1.91. The van der Waals surface area contributed by atoms with Gasteiger partial charge in [-0.2, -0.15) is 0 Å². The van der Waals surface area contributed by atoms with E-state index in [9.17, 15) is 9.36 Å². The van der Waals surface area contributed by atoms with Crippen LogP contribution in [0.2, 0.25) is 0 Å². The van der Waals surface area contributed by atoms with E-state index in [-0.39, 0.29) is 12.1 Å². The molecule has 1 N–H and O–H groups in total. The summed E-state index contributed by atoms with van der Waals surface area (Å²) < 4.78 is 10.4. The number of amides is 1. The molecule has 0 bridgehead atoms. The standard InChI is InChI=1S/C5H10NO2P/c1-3-6-5(7)4-9(2)8/h3-4H2,1-2H3/p+1. The highest BCUT2D eigenvalue weighted by molar-refractivity contribution is 7.44. The second-order valence-corrected chi connectivity index (χ2v) is 3.31. The first kappa shape index (κ1) is 8.57. The van der Waals surface area contributed by atoms with Gasteiger partial charge in [-0.1, -0.05) is 4.57 Å². The van der Waals surface area contributed by atoms with E-state index in [0.717, 1.165) is 0 Å². The van der Waals surface area contributed by atoms with Crippen molar-refractivity contribution in [3.63, 3.8) is 0 Å². The molecule has 0 saturated heterocycles. The van der Waals surface area contributed by atoms with Crippen LogP contribution in [0, 0.1) is 0 Å². The highest BCUT2D eigenvalue weighted by atomic mass is 31.1. The van der Waals surface area contributed by atoms with Gasteiger partial charge in [0.05, 0.1) is 0 Å². The molecule has 0 aliphatic heterocycles. The topological polar surface area (TPSA) is 46.2 Å². The molecule has 0 aromatic heterocycles. The van der Waals surface area contributed by atoms with Gasteiger partial charge < -0.3 is 5.32 Å². The molecule has 1 atom stereocenters. The van der Waals surface area contributed by atoms with Crippen molar-refractivity contribution in [2.75, 3.05) is 19.4 Å². The molecule has 52 valence electrons. The quantitative estimate of drug-likeness (QED) is 0.595. The van der Waals surface area contributed by atoms with Crippen molar-refractivity contribution < 1.29 is 9.36 Å². The Morgan fingerprint density at radius 2 is 2.22 bits per heavy atom. The Kier molecular flexibility index (Phi) is 4.24. The summed E-state index contributed by atoms with van der Waals surface area (Å²) in [5.41, 5.74) is 0. The first-order chi connectivity index (χ1) is 4.16. The average molecular weight is 148 g/mol. The van der Waals surface area contributed by atoms with Crippen molar-refractivity contribution in [1.82, 2.24) is 5.32 Å². The maximum atomic E-state index is 10.6. The normalized spacial score (nSPS) is 10.7. The minimum Gasteiger partial charge on any atom is -0.353 e. The smallest absolute Gasteiger partial charge is 0.345 e. The van der Waals surface area contributed by atoms with Crippen molar-refractivity contribution >= 4 is 13.7 Å². The maximum absolute atomic E-state index is 10.6. The summed E-state index contributed by atoms with van der Waals surface area (Å²) in [6.07, 6.45) is 0.156. The van der Waals surface area contributed by atoms with E-state index in [4.69, 9.17) is 0 Å². The molecule has 0 aliphatic carbocycles. The minimum atomic E-state index is -1.31. The summed E-state index contributed by atoms with van der Waals surface area (Å²) in [5.74, 6) is -0.124. The Bertz CT molecular complexity index is 124. The van der Waals surface area contributed by atoms with Gasteiger partial charge in [0.15, 0.2) is 0 Å². The maximum Gasteiger partial charge on any atom is 0.345 e. The molecule has 0 saturated carbocycles. The Balaban J connectivity index is 3.39. The van der Waals surface area contributed by atoms with Gasteiger partial charge >= 0.3 is 7.80 Å². The molecule has 0 aromatic carbocycles. The van der Waals surface area contributed by atoms with Crippen molar-refractivity contribution in [2.45, 2.75) is 6.92 Å². The highest BCUT2D eigenvalue weighted by Gasteiger charge is 2.11. The van der Waals surface area contributed by atoms with Gasteiger partial charge in [-0.05, 0) is 6.92 Å². The molecule has 4 heteroatoms. The Morgan fingerprint density at radius 1 is 1.67 bits per heavy atom. The predicted molar refractivity (Wildman–Crippen MR) is 37.1 cm³/mol. The Morgan fingerprint density at radius 3 is 2.56 bits per heavy atom. The van der Waals surface area contributed by atoms with E-state index in [2.05, 4.69) is 5.32 Å². The molecule has 3 nitrogen and oxygen atoms in total. The van der Waals surface area contributed by atoms with Crippen molar-refractivity contribution in [3.05, 3.63) is 0 Å². The van der Waals surface area contributed by atoms with Crippen LogP contribution in [0.15, 0.2) is 0 Å². The fourth-order valence-corrected chi connectivity index (χ4v) is 0.972. The first-order valence-electron chi connectivity index (χ1n) is 2.81. The summed E-state index contributed by atoms with van der Waals surface area (Å²) in [4.78, 5) is 10.6. The molecule has 0 rings (SSSR count). The number of carbonyl (C=O) groups is 1. The first-order valence-corrected chi connectivity index (χ1v) is 4.71. The summed E-state index contributed by atoms with van der Waals surface area (Å²) in [6.45, 7) is 3.99. The van der Waals surface area contributed by atoms with E-state index in [1.165, 1.54) is 0 Å². The summed E-state index contributed by atoms with van der Waals surface area (Å²) in [6, 6.07) is 0. The third-order valence-electron chi connectivity index (χ3n) is 0.740. The van der Waals surface area contributed by atoms with Crippen LogP contribution in [0.1, 0.15) is 6.92 Å². The van der Waals surface area contributed by atoms with Crippen LogP contribution >= 0.6 is 7.80 Å². The predicted octanol–water partition coefficient (Wildman–Crippen LogP) is 0.580. The number of carbonyl (C=O) groups excluding carboxylic acids is 1. The second-order valence-electron chi connectivity index (χ2n) is 1.74. The summed E-state index contributed by atoms with van der Waals surface area (Å²) in [7, 11) is -1.31. The van der Waals surface area contributed by atoms with Crippen LogP contribution in [-0.4, -0.2) is 25.3 Å². The van der Waals surface area contributed by atoms with E-state index < -0.39 is 7.80 Å². The van der Waals surface area contributed by atoms with Crippen LogP contribution in [0.5, 0.6) is 0 Å². The van der Waals surface area contributed by atoms with E-state index in [0.29, 0.717) is 6.54 Å². The second kappa shape index (κ2) is 4.45. The van der Waals surface area contributed by atoms with E-state index in [1.807, 2.05) is 6.92 Å². The SMILES string of the molecule is CCNC(=O)C[P+](C)=O. The molecule has 0 heterocycles. The lowest BCUT2D eigenvalue weighted by Crippen LogP contribution is -2.24. The lowest BCUT2D eigenvalue weighted by atomic mass is 10.6.